The number of hydrogen-bond donors (Lipinski definition) is 1. The third-order valence-corrected chi connectivity index (χ3v) is 2.77. The summed E-state index contributed by atoms with van der Waals surface area (Å²) < 4.78 is 121. The lowest BCUT2D eigenvalue weighted by atomic mass is 10.1. The summed E-state index contributed by atoms with van der Waals surface area (Å²) >= 11 is 0. The second kappa shape index (κ2) is 5.83. The zero-order chi connectivity index (χ0) is 18.3. The van der Waals surface area contributed by atoms with E-state index in [1.54, 1.807) is 12.5 Å². The van der Waals surface area contributed by atoms with Crippen molar-refractivity contribution in [2.75, 3.05) is 10.4 Å². The summed E-state index contributed by atoms with van der Waals surface area (Å²) in [7, 11) is 0. The Morgan fingerprint density at radius 1 is 0.833 bits per heavy atom. The number of furan rings is 1. The molecule has 0 amide bonds. The molecule has 0 atom stereocenters. The number of fused-ring (bicyclic) bond motifs is 1. The zero-order valence-corrected chi connectivity index (χ0v) is 11.1. The molecule has 24 heavy (non-hydrogen) atoms. The Labute approximate surface area is 127 Å². The molecule has 12 heteroatoms. The van der Waals surface area contributed by atoms with Crippen molar-refractivity contribution in [1.29, 1.82) is 0 Å². The first-order chi connectivity index (χ1) is 11.0. The van der Waals surface area contributed by atoms with Crippen LogP contribution in [0.25, 0.3) is 0 Å². The number of rotatable bonds is 0. The molecule has 132 valence electrons. The highest BCUT2D eigenvalue weighted by molar-refractivity contribution is 5.74. The van der Waals surface area contributed by atoms with Gasteiger partial charge in [0.2, 0.25) is 0 Å². The minimum atomic E-state index is -5.63. The molecule has 0 aliphatic carbocycles. The van der Waals surface area contributed by atoms with E-state index >= 15 is 0 Å². The molecule has 0 unspecified atom stereocenters. The highest BCUT2D eigenvalue weighted by atomic mass is 19.3. The van der Waals surface area contributed by atoms with Crippen LogP contribution in [0.5, 0.6) is 0 Å². The molecular formula is C12H5F9N2O. The van der Waals surface area contributed by atoms with Gasteiger partial charge >= 0.3 is 12.1 Å². The molecule has 1 aromatic carbocycles. The van der Waals surface area contributed by atoms with E-state index in [0.717, 1.165) is 0 Å². The molecule has 1 aliphatic heterocycles. The fourth-order valence-corrected chi connectivity index (χ4v) is 1.64. The van der Waals surface area contributed by atoms with Gasteiger partial charge in [-0.25, -0.2) is 17.6 Å². The fraction of sp³-hybridized carbons (Fsp3) is 0.167. The lowest BCUT2D eigenvalue weighted by Crippen LogP contribution is -2.59. The van der Waals surface area contributed by atoms with Gasteiger partial charge in [-0.3, -0.25) is 0 Å². The predicted molar refractivity (Wildman–Crippen MR) is 62.1 cm³/mol. The van der Waals surface area contributed by atoms with Crippen LogP contribution >= 0.6 is 0 Å². The molecular weight excluding hydrogens is 359 g/mol. The molecule has 1 N–H and O–H groups in total. The smallest absolute Gasteiger partial charge is 0.434 e. The van der Waals surface area contributed by atoms with Gasteiger partial charge in [-0.15, -0.1) is 5.12 Å². The molecule has 1 aliphatic rings. The highest BCUT2D eigenvalue weighted by Gasteiger charge is 2.67. The maximum Gasteiger partial charge on any atom is 0.434 e. The predicted octanol–water partition coefficient (Wildman–Crippen LogP) is 4.82. The molecule has 0 bridgehead atoms. The number of nitrogens with one attached hydrogen (secondary N) is 1. The van der Waals surface area contributed by atoms with Crippen molar-refractivity contribution in [3.05, 3.63) is 47.9 Å². The van der Waals surface area contributed by atoms with Crippen LogP contribution < -0.4 is 10.4 Å². The molecule has 2 heterocycles. The Kier molecular flexibility index (Phi) is 4.33. The molecule has 1 aromatic heterocycles. The summed E-state index contributed by atoms with van der Waals surface area (Å²) in [6.07, 6.45) is 3.25. The molecule has 0 saturated carbocycles. The summed E-state index contributed by atoms with van der Waals surface area (Å²) in [5.74, 6) is -10.2. The Morgan fingerprint density at radius 2 is 1.33 bits per heavy atom. The van der Waals surface area contributed by atoms with E-state index in [-0.39, 0.29) is 0 Å². The third kappa shape index (κ3) is 2.61. The first-order valence-electron chi connectivity index (χ1n) is 5.85. The first kappa shape index (κ1) is 17.8. The van der Waals surface area contributed by atoms with Crippen LogP contribution in [0, 0.1) is 23.3 Å². The topological polar surface area (TPSA) is 28.4 Å². The van der Waals surface area contributed by atoms with Gasteiger partial charge in [-0.2, -0.15) is 17.6 Å². The van der Waals surface area contributed by atoms with E-state index in [4.69, 9.17) is 0 Å². The van der Waals surface area contributed by atoms with E-state index in [0.29, 0.717) is 5.32 Å². The van der Waals surface area contributed by atoms with Gasteiger partial charge < -0.3 is 9.73 Å². The van der Waals surface area contributed by atoms with Crippen LogP contribution in [0.2, 0.25) is 0 Å². The van der Waals surface area contributed by atoms with Gasteiger partial charge in [0, 0.05) is 0 Å². The highest BCUT2D eigenvalue weighted by Crippen LogP contribution is 2.50. The molecule has 0 saturated heterocycles. The Morgan fingerprint density at radius 3 is 1.79 bits per heavy atom. The van der Waals surface area contributed by atoms with Crippen LogP contribution in [0.15, 0.2) is 29.1 Å². The van der Waals surface area contributed by atoms with E-state index in [9.17, 15) is 39.6 Å². The minimum absolute atomic E-state index is 0.447. The number of halogens is 9. The summed E-state index contributed by atoms with van der Waals surface area (Å²) in [6, 6.07) is -7.33. The lowest BCUT2D eigenvalue weighted by molar-refractivity contribution is -0.212. The SMILES string of the molecule is Fc1c(F)c(F)c2c(c1F)NC(F)(F)C(F)(F)N2F.c1ccoc1. The first-order valence-corrected chi connectivity index (χ1v) is 5.85. The van der Waals surface area contributed by atoms with Gasteiger partial charge in [0.25, 0.3) is 0 Å². The van der Waals surface area contributed by atoms with E-state index in [2.05, 4.69) is 4.42 Å². The van der Waals surface area contributed by atoms with Crippen LogP contribution in [0.3, 0.4) is 0 Å². The Bertz CT molecular complexity index is 716. The fourth-order valence-electron chi connectivity index (χ4n) is 1.64. The number of benzene rings is 1. The Balaban J connectivity index is 0.000000355. The maximum absolute atomic E-state index is 13.1. The van der Waals surface area contributed by atoms with Gasteiger partial charge in [0.05, 0.1) is 12.5 Å². The van der Waals surface area contributed by atoms with Crippen molar-refractivity contribution in [1.82, 2.24) is 0 Å². The van der Waals surface area contributed by atoms with Crippen molar-refractivity contribution in [2.45, 2.75) is 12.1 Å². The van der Waals surface area contributed by atoms with E-state index < -0.39 is 51.9 Å². The van der Waals surface area contributed by atoms with Crippen LogP contribution in [-0.4, -0.2) is 12.1 Å². The van der Waals surface area contributed by atoms with E-state index in [1.807, 2.05) is 12.1 Å². The summed E-state index contributed by atoms with van der Waals surface area (Å²) in [4.78, 5) is 0. The van der Waals surface area contributed by atoms with Gasteiger partial charge in [0.1, 0.15) is 11.4 Å². The standard InChI is InChI=1S/C8HF9N2.C4H4O/c9-1-2(10)4(12)6-5(3(1)11)18-7(13,14)8(15,16)19(6)17;1-2-4-5-3-1/h18H;1-4H. The second-order valence-electron chi connectivity index (χ2n) is 4.29. The van der Waals surface area contributed by atoms with Gasteiger partial charge in [-0.1, -0.05) is 4.48 Å². The molecule has 3 nitrogen and oxygen atoms in total. The van der Waals surface area contributed by atoms with Crippen molar-refractivity contribution >= 4 is 11.4 Å². The van der Waals surface area contributed by atoms with Gasteiger partial charge in [-0.05, 0) is 12.1 Å². The average Bonchev–Trinajstić information content (AvgIpc) is 3.08. The van der Waals surface area contributed by atoms with Crippen molar-refractivity contribution < 1.29 is 44.0 Å². The number of nitrogens with zero attached hydrogens (tertiary/aromatic N) is 1. The lowest BCUT2D eigenvalue weighted by Gasteiger charge is -2.37. The van der Waals surface area contributed by atoms with Crippen molar-refractivity contribution in [3.8, 4) is 0 Å². The summed E-state index contributed by atoms with van der Waals surface area (Å²) in [5, 5.41) is -1.71. The maximum atomic E-state index is 13.1. The molecule has 0 radical (unpaired) electrons. The van der Waals surface area contributed by atoms with Crippen molar-refractivity contribution in [3.63, 3.8) is 0 Å². The second-order valence-corrected chi connectivity index (χ2v) is 4.29. The van der Waals surface area contributed by atoms with Gasteiger partial charge in [0.15, 0.2) is 23.3 Å². The molecule has 0 fully saturated rings. The quantitative estimate of drug-likeness (QED) is 0.239. The molecule has 2 aromatic rings. The van der Waals surface area contributed by atoms with Crippen LogP contribution in [-0.2, 0) is 0 Å². The number of anilines is 2. The van der Waals surface area contributed by atoms with Crippen LogP contribution in [0.1, 0.15) is 0 Å². The van der Waals surface area contributed by atoms with E-state index in [1.165, 1.54) is 0 Å². The summed E-state index contributed by atoms with van der Waals surface area (Å²) in [6.45, 7) is 0. The van der Waals surface area contributed by atoms with Crippen molar-refractivity contribution in [2.24, 2.45) is 0 Å². The molecule has 3 rings (SSSR count). The number of alkyl halides is 4. The minimum Gasteiger partial charge on any atom is -0.473 e. The third-order valence-electron chi connectivity index (χ3n) is 2.77. The normalized spacial score (nSPS) is 17.5. The van der Waals surface area contributed by atoms with Crippen LogP contribution in [0.4, 0.5) is 51.0 Å². The molecule has 0 spiro atoms. The summed E-state index contributed by atoms with van der Waals surface area (Å²) in [5.41, 5.74) is -4.14. The monoisotopic (exact) mass is 364 g/mol. The Hall–Kier alpha value is -2.53. The zero-order valence-electron chi connectivity index (χ0n) is 11.1. The average molecular weight is 364 g/mol. The number of hydrogen-bond acceptors (Lipinski definition) is 3. The largest absolute Gasteiger partial charge is 0.473 e.